The van der Waals surface area contributed by atoms with Crippen molar-refractivity contribution in [1.29, 1.82) is 0 Å². The quantitative estimate of drug-likeness (QED) is 0.565. The van der Waals surface area contributed by atoms with Gasteiger partial charge in [-0.1, -0.05) is 12.8 Å². The number of hydrogen-bond donors (Lipinski definition) is 0. The Balaban J connectivity index is 2.17. The standard InChI is InChI=1S/C13H24Cl2O2Si/c1-16-18(17-2,12-5-3-4-6-12)13-8-10(14)7-11(15)9-13/h10-13H,3-9H2,1-2H3. The summed E-state index contributed by atoms with van der Waals surface area (Å²) in [5, 5.41) is 0.370. The van der Waals surface area contributed by atoms with E-state index in [0.717, 1.165) is 19.3 Å². The average molecular weight is 311 g/mol. The number of alkyl halides is 2. The maximum absolute atomic E-state index is 6.36. The number of hydrogen-bond acceptors (Lipinski definition) is 2. The maximum Gasteiger partial charge on any atom is 0.344 e. The van der Waals surface area contributed by atoms with Crippen molar-refractivity contribution in [2.75, 3.05) is 14.2 Å². The van der Waals surface area contributed by atoms with Gasteiger partial charge in [-0.25, -0.2) is 0 Å². The Labute approximate surface area is 122 Å². The highest BCUT2D eigenvalue weighted by Crippen LogP contribution is 2.50. The Hall–Kier alpha value is 0.717. The van der Waals surface area contributed by atoms with Gasteiger partial charge in [0.05, 0.1) is 0 Å². The van der Waals surface area contributed by atoms with Gasteiger partial charge < -0.3 is 8.85 Å². The van der Waals surface area contributed by atoms with Crippen molar-refractivity contribution in [1.82, 2.24) is 0 Å². The van der Waals surface area contributed by atoms with E-state index in [1.54, 1.807) is 0 Å². The molecule has 2 saturated carbocycles. The van der Waals surface area contributed by atoms with E-state index in [0.29, 0.717) is 11.1 Å². The van der Waals surface area contributed by atoms with Gasteiger partial charge in [-0.15, -0.1) is 23.2 Å². The van der Waals surface area contributed by atoms with Crippen LogP contribution in [-0.2, 0) is 8.85 Å². The minimum absolute atomic E-state index is 0.185. The van der Waals surface area contributed by atoms with Crippen LogP contribution in [-0.4, -0.2) is 33.5 Å². The predicted molar refractivity (Wildman–Crippen MR) is 78.9 cm³/mol. The molecular formula is C13H24Cl2O2Si. The van der Waals surface area contributed by atoms with Crippen LogP contribution >= 0.6 is 23.2 Å². The van der Waals surface area contributed by atoms with E-state index in [1.165, 1.54) is 25.7 Å². The second-order valence-electron chi connectivity index (χ2n) is 5.71. The van der Waals surface area contributed by atoms with E-state index in [4.69, 9.17) is 32.1 Å². The van der Waals surface area contributed by atoms with Crippen LogP contribution in [0, 0.1) is 0 Å². The molecule has 2 aliphatic rings. The van der Waals surface area contributed by atoms with Gasteiger partial charge in [0.15, 0.2) is 0 Å². The van der Waals surface area contributed by atoms with Crippen molar-refractivity contribution in [3.63, 3.8) is 0 Å². The fourth-order valence-corrected chi connectivity index (χ4v) is 9.78. The van der Waals surface area contributed by atoms with Crippen molar-refractivity contribution in [3.8, 4) is 0 Å². The van der Waals surface area contributed by atoms with Gasteiger partial charge in [-0.05, 0) is 32.1 Å². The third kappa shape index (κ3) is 2.90. The summed E-state index contributed by atoms with van der Waals surface area (Å²) in [6.07, 6.45) is 8.07. The van der Waals surface area contributed by atoms with Gasteiger partial charge in [0, 0.05) is 36.1 Å². The molecule has 0 radical (unpaired) electrons. The molecule has 0 aromatic heterocycles. The fourth-order valence-electron chi connectivity index (χ4n) is 3.92. The fraction of sp³-hybridized carbons (Fsp3) is 1.00. The van der Waals surface area contributed by atoms with E-state index in [1.807, 2.05) is 14.2 Å². The molecule has 2 fully saturated rings. The van der Waals surface area contributed by atoms with Gasteiger partial charge in [-0.3, -0.25) is 0 Å². The van der Waals surface area contributed by atoms with Gasteiger partial charge in [0.25, 0.3) is 0 Å². The highest BCUT2D eigenvalue weighted by Gasteiger charge is 2.53. The Morgan fingerprint density at radius 1 is 0.833 bits per heavy atom. The van der Waals surface area contributed by atoms with Crippen LogP contribution in [0.25, 0.3) is 0 Å². The Morgan fingerprint density at radius 2 is 1.33 bits per heavy atom. The van der Waals surface area contributed by atoms with E-state index in [2.05, 4.69) is 0 Å². The molecule has 18 heavy (non-hydrogen) atoms. The summed E-state index contributed by atoms with van der Waals surface area (Å²) in [5.41, 5.74) is 1.08. The van der Waals surface area contributed by atoms with Crippen LogP contribution in [0.15, 0.2) is 0 Å². The molecule has 0 spiro atoms. The van der Waals surface area contributed by atoms with Crippen LogP contribution in [0.3, 0.4) is 0 Å². The van der Waals surface area contributed by atoms with Gasteiger partial charge >= 0.3 is 8.56 Å². The molecule has 0 saturated heterocycles. The first kappa shape index (κ1) is 15.1. The Morgan fingerprint density at radius 3 is 1.78 bits per heavy atom. The minimum Gasteiger partial charge on any atom is -0.397 e. The lowest BCUT2D eigenvalue weighted by Crippen LogP contribution is -2.51. The molecule has 0 aliphatic heterocycles. The first-order chi connectivity index (χ1) is 8.62. The Bertz CT molecular complexity index is 258. The van der Waals surface area contributed by atoms with Gasteiger partial charge in [0.2, 0.25) is 0 Å². The van der Waals surface area contributed by atoms with Crippen molar-refractivity contribution in [3.05, 3.63) is 0 Å². The molecule has 0 amide bonds. The van der Waals surface area contributed by atoms with E-state index in [-0.39, 0.29) is 10.8 Å². The zero-order valence-electron chi connectivity index (χ0n) is 11.3. The minimum atomic E-state index is -2.16. The second-order valence-corrected chi connectivity index (χ2v) is 10.8. The highest BCUT2D eigenvalue weighted by molar-refractivity contribution is 6.70. The molecule has 0 heterocycles. The monoisotopic (exact) mass is 310 g/mol. The average Bonchev–Trinajstić information content (AvgIpc) is 2.84. The van der Waals surface area contributed by atoms with Crippen molar-refractivity contribution in [2.45, 2.75) is 66.8 Å². The van der Waals surface area contributed by atoms with Crippen LogP contribution in [0.1, 0.15) is 44.9 Å². The largest absolute Gasteiger partial charge is 0.397 e. The molecular weight excluding hydrogens is 287 g/mol. The SMILES string of the molecule is CO[Si](OC)(C1CCCC1)C1CC(Cl)CC(Cl)C1. The van der Waals surface area contributed by atoms with Gasteiger partial charge in [-0.2, -0.15) is 0 Å². The molecule has 0 aromatic rings. The molecule has 0 N–H and O–H groups in total. The summed E-state index contributed by atoms with van der Waals surface area (Å²) in [7, 11) is 1.49. The lowest BCUT2D eigenvalue weighted by Gasteiger charge is -2.43. The molecule has 2 unspecified atom stereocenters. The van der Waals surface area contributed by atoms with Crippen LogP contribution < -0.4 is 0 Å². The van der Waals surface area contributed by atoms with Gasteiger partial charge in [0.1, 0.15) is 0 Å². The molecule has 106 valence electrons. The predicted octanol–water partition coefficient (Wildman–Crippen LogP) is 4.43. The summed E-state index contributed by atoms with van der Waals surface area (Å²) in [6, 6.07) is 0. The molecule has 5 heteroatoms. The zero-order chi connectivity index (χ0) is 13.2. The molecule has 2 nitrogen and oxygen atoms in total. The van der Waals surface area contributed by atoms with Crippen LogP contribution in [0.2, 0.25) is 11.1 Å². The lowest BCUT2D eigenvalue weighted by atomic mass is 9.99. The molecule has 0 aromatic carbocycles. The third-order valence-electron chi connectivity index (χ3n) is 4.72. The second kappa shape index (κ2) is 6.44. The lowest BCUT2D eigenvalue weighted by molar-refractivity contribution is 0.204. The number of halogens is 2. The van der Waals surface area contributed by atoms with Crippen molar-refractivity contribution < 1.29 is 8.85 Å². The summed E-state index contributed by atoms with van der Waals surface area (Å²) in [6.45, 7) is 0. The first-order valence-corrected chi connectivity index (χ1v) is 9.85. The number of rotatable bonds is 4. The summed E-state index contributed by atoms with van der Waals surface area (Å²) in [5.74, 6) is 0. The van der Waals surface area contributed by atoms with E-state index < -0.39 is 8.56 Å². The molecule has 2 atom stereocenters. The van der Waals surface area contributed by atoms with Crippen LogP contribution in [0.4, 0.5) is 0 Å². The summed E-state index contributed by atoms with van der Waals surface area (Å²) in [4.78, 5) is 0. The smallest absolute Gasteiger partial charge is 0.344 e. The Kier molecular flexibility index (Phi) is 5.41. The first-order valence-electron chi connectivity index (χ1n) is 7.00. The molecule has 2 aliphatic carbocycles. The summed E-state index contributed by atoms with van der Waals surface area (Å²) < 4.78 is 12.0. The normalized spacial score (nSPS) is 35.0. The van der Waals surface area contributed by atoms with Crippen LogP contribution in [0.5, 0.6) is 0 Å². The molecule has 2 rings (SSSR count). The van der Waals surface area contributed by atoms with E-state index in [9.17, 15) is 0 Å². The van der Waals surface area contributed by atoms with E-state index >= 15 is 0 Å². The molecule has 0 bridgehead atoms. The third-order valence-corrected chi connectivity index (χ3v) is 10.0. The van der Waals surface area contributed by atoms with Crippen molar-refractivity contribution in [2.24, 2.45) is 0 Å². The maximum atomic E-state index is 6.36. The highest BCUT2D eigenvalue weighted by atomic mass is 35.5. The van der Waals surface area contributed by atoms with Crippen molar-refractivity contribution >= 4 is 31.8 Å². The summed E-state index contributed by atoms with van der Waals surface area (Å²) >= 11 is 12.7. The zero-order valence-corrected chi connectivity index (χ0v) is 13.8. The topological polar surface area (TPSA) is 18.5 Å².